The Balaban J connectivity index is 2.50. The summed E-state index contributed by atoms with van der Waals surface area (Å²) in [5.41, 5.74) is 2.53. The molecule has 2 unspecified atom stereocenters. The predicted molar refractivity (Wildman–Crippen MR) is 52.9 cm³/mol. The number of rotatable bonds is 0. The van der Waals surface area contributed by atoms with Crippen molar-refractivity contribution in [2.75, 3.05) is 0 Å². The second-order valence-corrected chi connectivity index (χ2v) is 5.02. The van der Waals surface area contributed by atoms with Gasteiger partial charge in [0, 0.05) is 5.92 Å². The van der Waals surface area contributed by atoms with Crippen LogP contribution in [0.1, 0.15) is 34.1 Å². The maximum Gasteiger partial charge on any atom is 0.00367 e. The van der Waals surface area contributed by atoms with Crippen LogP contribution < -0.4 is 0 Å². The molecule has 0 spiro atoms. The van der Waals surface area contributed by atoms with Gasteiger partial charge in [-0.25, -0.2) is 0 Å². The molecule has 0 nitrogen and oxygen atoms in total. The minimum atomic E-state index is 0.430. The van der Waals surface area contributed by atoms with Gasteiger partial charge in [-0.3, -0.25) is 0 Å². The summed E-state index contributed by atoms with van der Waals surface area (Å²) in [7, 11) is 0. The highest BCUT2D eigenvalue weighted by molar-refractivity contribution is 5.36. The Morgan fingerprint density at radius 2 is 2.08 bits per heavy atom. The molecule has 0 aromatic rings. The standard InChI is InChI=1S/C12H18/c1-5-9-8-12(4)7-6-10(9)11(12,2)3/h5-7,10H,8H2,1-4H3. The van der Waals surface area contributed by atoms with Gasteiger partial charge in [-0.05, 0) is 24.2 Å². The van der Waals surface area contributed by atoms with Crippen molar-refractivity contribution >= 4 is 0 Å². The van der Waals surface area contributed by atoms with Crippen molar-refractivity contribution in [1.29, 1.82) is 0 Å². The molecule has 0 amide bonds. The van der Waals surface area contributed by atoms with Crippen molar-refractivity contribution in [3.63, 3.8) is 0 Å². The molecule has 12 heavy (non-hydrogen) atoms. The van der Waals surface area contributed by atoms with Crippen molar-refractivity contribution in [1.82, 2.24) is 0 Å². The Kier molecular flexibility index (Phi) is 1.38. The van der Waals surface area contributed by atoms with E-state index in [0.29, 0.717) is 16.7 Å². The van der Waals surface area contributed by atoms with Gasteiger partial charge in [0.05, 0.1) is 0 Å². The fraction of sp³-hybridized carbons (Fsp3) is 0.667. The van der Waals surface area contributed by atoms with E-state index >= 15 is 0 Å². The third-order valence-electron chi connectivity index (χ3n) is 4.25. The molecule has 0 aromatic heterocycles. The van der Waals surface area contributed by atoms with E-state index in [0.717, 1.165) is 0 Å². The van der Waals surface area contributed by atoms with Gasteiger partial charge in [-0.1, -0.05) is 44.6 Å². The van der Waals surface area contributed by atoms with Gasteiger partial charge in [0.2, 0.25) is 0 Å². The molecule has 2 aliphatic carbocycles. The lowest BCUT2D eigenvalue weighted by molar-refractivity contribution is 0.183. The molecule has 1 saturated carbocycles. The van der Waals surface area contributed by atoms with Crippen molar-refractivity contribution < 1.29 is 0 Å². The molecule has 1 fully saturated rings. The third-order valence-corrected chi connectivity index (χ3v) is 4.25. The lowest BCUT2D eigenvalue weighted by atomic mass is 9.71. The lowest BCUT2D eigenvalue weighted by Gasteiger charge is -2.33. The zero-order chi connectivity index (χ0) is 8.98. The smallest absolute Gasteiger partial charge is 0.00367 e. The van der Waals surface area contributed by atoms with Gasteiger partial charge < -0.3 is 0 Å². The van der Waals surface area contributed by atoms with E-state index in [1.54, 1.807) is 5.57 Å². The highest BCUT2D eigenvalue weighted by Gasteiger charge is 2.54. The molecule has 2 rings (SSSR count). The van der Waals surface area contributed by atoms with Crippen LogP contribution in [0, 0.1) is 16.7 Å². The van der Waals surface area contributed by atoms with Crippen LogP contribution in [0.4, 0.5) is 0 Å². The van der Waals surface area contributed by atoms with E-state index in [1.165, 1.54) is 6.42 Å². The first-order valence-corrected chi connectivity index (χ1v) is 4.86. The monoisotopic (exact) mass is 162 g/mol. The maximum atomic E-state index is 2.42. The molecule has 2 aliphatic rings. The SMILES string of the molecule is CC=C1CC2(C)C=CC1C2(C)C. The fourth-order valence-electron chi connectivity index (χ4n) is 2.81. The van der Waals surface area contributed by atoms with Gasteiger partial charge in [-0.15, -0.1) is 0 Å². The second kappa shape index (κ2) is 2.04. The molecule has 0 heteroatoms. The van der Waals surface area contributed by atoms with Gasteiger partial charge in [0.25, 0.3) is 0 Å². The second-order valence-electron chi connectivity index (χ2n) is 5.02. The summed E-state index contributed by atoms with van der Waals surface area (Å²) >= 11 is 0. The van der Waals surface area contributed by atoms with Gasteiger partial charge in [0.1, 0.15) is 0 Å². The van der Waals surface area contributed by atoms with Gasteiger partial charge in [-0.2, -0.15) is 0 Å². The minimum absolute atomic E-state index is 0.430. The first kappa shape index (κ1) is 8.10. The van der Waals surface area contributed by atoms with E-state index < -0.39 is 0 Å². The normalized spacial score (nSPS) is 46.0. The van der Waals surface area contributed by atoms with Crippen LogP contribution in [-0.2, 0) is 0 Å². The summed E-state index contributed by atoms with van der Waals surface area (Å²) in [5, 5.41) is 0. The van der Waals surface area contributed by atoms with Crippen molar-refractivity contribution in [2.24, 2.45) is 16.7 Å². The largest absolute Gasteiger partial charge is 0.0878 e. The summed E-state index contributed by atoms with van der Waals surface area (Å²) in [4.78, 5) is 0. The number of fused-ring (bicyclic) bond motifs is 2. The zero-order valence-corrected chi connectivity index (χ0v) is 8.52. The van der Waals surface area contributed by atoms with Gasteiger partial charge in [0.15, 0.2) is 0 Å². The van der Waals surface area contributed by atoms with E-state index in [-0.39, 0.29) is 0 Å². The first-order chi connectivity index (χ1) is 5.51. The van der Waals surface area contributed by atoms with E-state index in [4.69, 9.17) is 0 Å². The van der Waals surface area contributed by atoms with Crippen LogP contribution in [0.15, 0.2) is 23.8 Å². The number of allylic oxidation sites excluding steroid dienone is 4. The topological polar surface area (TPSA) is 0 Å². The Labute approximate surface area is 75.4 Å². The van der Waals surface area contributed by atoms with Crippen LogP contribution in [0.25, 0.3) is 0 Å². The molecule has 2 bridgehead atoms. The predicted octanol–water partition coefficient (Wildman–Crippen LogP) is 3.55. The first-order valence-electron chi connectivity index (χ1n) is 4.86. The summed E-state index contributed by atoms with van der Waals surface area (Å²) in [6, 6.07) is 0. The van der Waals surface area contributed by atoms with Gasteiger partial charge >= 0.3 is 0 Å². The zero-order valence-electron chi connectivity index (χ0n) is 8.52. The molecule has 0 aliphatic heterocycles. The Morgan fingerprint density at radius 3 is 2.33 bits per heavy atom. The van der Waals surface area contributed by atoms with E-state index in [2.05, 4.69) is 45.9 Å². The van der Waals surface area contributed by atoms with Crippen molar-refractivity contribution in [3.8, 4) is 0 Å². The summed E-state index contributed by atoms with van der Waals surface area (Å²) in [6.07, 6.45) is 8.41. The Morgan fingerprint density at radius 1 is 1.42 bits per heavy atom. The molecule has 0 radical (unpaired) electrons. The molecule has 0 saturated heterocycles. The van der Waals surface area contributed by atoms with Crippen molar-refractivity contribution in [2.45, 2.75) is 34.1 Å². The third kappa shape index (κ3) is 0.688. The average molecular weight is 162 g/mol. The number of hydrogen-bond acceptors (Lipinski definition) is 0. The summed E-state index contributed by atoms with van der Waals surface area (Å²) in [6.45, 7) is 9.35. The molecular formula is C12H18. The highest BCUT2D eigenvalue weighted by atomic mass is 14.6. The lowest BCUT2D eigenvalue weighted by Crippen LogP contribution is -2.27. The molecule has 0 N–H and O–H groups in total. The molecule has 2 atom stereocenters. The molecule has 0 heterocycles. The summed E-state index contributed by atoms with van der Waals surface area (Å²) < 4.78 is 0. The Bertz CT molecular complexity index is 268. The minimum Gasteiger partial charge on any atom is -0.0878 e. The Hall–Kier alpha value is -0.520. The molecule has 66 valence electrons. The fourth-order valence-corrected chi connectivity index (χ4v) is 2.81. The maximum absolute atomic E-state index is 2.42. The summed E-state index contributed by atoms with van der Waals surface area (Å²) in [5.74, 6) is 0.715. The average Bonchev–Trinajstić information content (AvgIpc) is 2.33. The van der Waals surface area contributed by atoms with Crippen LogP contribution in [0.5, 0.6) is 0 Å². The van der Waals surface area contributed by atoms with Crippen LogP contribution >= 0.6 is 0 Å². The van der Waals surface area contributed by atoms with Crippen LogP contribution in [0.2, 0.25) is 0 Å². The quantitative estimate of drug-likeness (QED) is 0.478. The molecular weight excluding hydrogens is 144 g/mol. The van der Waals surface area contributed by atoms with Crippen LogP contribution in [-0.4, -0.2) is 0 Å². The molecule has 0 aromatic carbocycles. The number of hydrogen-bond donors (Lipinski definition) is 0. The van der Waals surface area contributed by atoms with Crippen LogP contribution in [0.3, 0.4) is 0 Å². The van der Waals surface area contributed by atoms with Crippen molar-refractivity contribution in [3.05, 3.63) is 23.8 Å². The van der Waals surface area contributed by atoms with E-state index in [1.807, 2.05) is 0 Å². The van der Waals surface area contributed by atoms with E-state index in [9.17, 15) is 0 Å². The highest BCUT2D eigenvalue weighted by Crippen LogP contribution is 2.63.